The molecular formula is C17H18ClNOS. The molecule has 1 N–H and O–H groups in total. The molecule has 110 valence electrons. The fourth-order valence-electron chi connectivity index (χ4n) is 2.60. The minimum absolute atomic E-state index is 0.108. The average Bonchev–Trinajstić information content (AvgIpc) is 3.10. The van der Waals surface area contributed by atoms with Crippen LogP contribution in [-0.4, -0.2) is 6.54 Å². The highest BCUT2D eigenvalue weighted by Crippen LogP contribution is 2.34. The summed E-state index contributed by atoms with van der Waals surface area (Å²) in [5.74, 6) is 0.950. The summed E-state index contributed by atoms with van der Waals surface area (Å²) in [5.41, 5.74) is 2.26. The zero-order valence-electron chi connectivity index (χ0n) is 12.2. The second-order valence-corrected chi connectivity index (χ2v) is 6.37. The third-order valence-electron chi connectivity index (χ3n) is 3.61. The van der Waals surface area contributed by atoms with Gasteiger partial charge in [-0.05, 0) is 54.2 Å². The van der Waals surface area contributed by atoms with E-state index in [1.807, 2.05) is 18.2 Å². The van der Waals surface area contributed by atoms with E-state index in [4.69, 9.17) is 16.0 Å². The normalized spacial score (nSPS) is 12.9. The van der Waals surface area contributed by atoms with Crippen LogP contribution in [0.1, 0.15) is 36.1 Å². The third kappa shape index (κ3) is 2.86. The molecule has 0 bridgehead atoms. The number of furan rings is 1. The topological polar surface area (TPSA) is 25.2 Å². The van der Waals surface area contributed by atoms with Crippen LogP contribution >= 0.6 is 22.9 Å². The van der Waals surface area contributed by atoms with Crippen molar-refractivity contribution in [2.75, 3.05) is 6.54 Å². The van der Waals surface area contributed by atoms with Crippen molar-refractivity contribution in [3.05, 3.63) is 56.9 Å². The number of hydrogen-bond acceptors (Lipinski definition) is 3. The lowest BCUT2D eigenvalue weighted by molar-refractivity contribution is 0.479. The van der Waals surface area contributed by atoms with E-state index in [-0.39, 0.29) is 6.04 Å². The van der Waals surface area contributed by atoms with Gasteiger partial charge in [-0.3, -0.25) is 0 Å². The molecule has 4 heteroatoms. The summed E-state index contributed by atoms with van der Waals surface area (Å²) in [4.78, 5) is 1.34. The Bertz CT molecular complexity index is 746. The number of aryl methyl sites for hydroxylation is 1. The van der Waals surface area contributed by atoms with E-state index in [1.54, 1.807) is 11.3 Å². The number of halogens is 1. The second-order valence-electron chi connectivity index (χ2n) is 4.99. The van der Waals surface area contributed by atoms with Gasteiger partial charge in [0.1, 0.15) is 17.4 Å². The van der Waals surface area contributed by atoms with Gasteiger partial charge in [0.15, 0.2) is 0 Å². The van der Waals surface area contributed by atoms with E-state index < -0.39 is 0 Å². The monoisotopic (exact) mass is 319 g/mol. The molecule has 2 aromatic heterocycles. The van der Waals surface area contributed by atoms with E-state index in [2.05, 4.69) is 36.7 Å². The van der Waals surface area contributed by atoms with Crippen LogP contribution in [-0.2, 0) is 6.42 Å². The van der Waals surface area contributed by atoms with Gasteiger partial charge in [0.05, 0.1) is 0 Å². The highest BCUT2D eigenvalue weighted by atomic mass is 35.5. The van der Waals surface area contributed by atoms with Crippen LogP contribution < -0.4 is 5.32 Å². The lowest BCUT2D eigenvalue weighted by atomic mass is 10.1. The maximum absolute atomic E-state index is 6.06. The van der Waals surface area contributed by atoms with Crippen LogP contribution in [0, 0.1) is 0 Å². The Hall–Kier alpha value is -1.29. The van der Waals surface area contributed by atoms with Gasteiger partial charge in [-0.2, -0.15) is 0 Å². The van der Waals surface area contributed by atoms with Crippen LogP contribution in [0.2, 0.25) is 5.02 Å². The van der Waals surface area contributed by atoms with Gasteiger partial charge in [-0.25, -0.2) is 0 Å². The number of benzene rings is 1. The van der Waals surface area contributed by atoms with Crippen molar-refractivity contribution in [1.29, 1.82) is 0 Å². The van der Waals surface area contributed by atoms with Gasteiger partial charge in [-0.1, -0.05) is 25.4 Å². The summed E-state index contributed by atoms with van der Waals surface area (Å²) >= 11 is 7.84. The molecule has 0 aliphatic heterocycles. The molecule has 0 spiro atoms. The molecule has 0 aliphatic rings. The highest BCUT2D eigenvalue weighted by molar-refractivity contribution is 7.10. The van der Waals surface area contributed by atoms with Gasteiger partial charge >= 0.3 is 0 Å². The Balaban J connectivity index is 2.06. The first-order valence-electron chi connectivity index (χ1n) is 7.21. The van der Waals surface area contributed by atoms with Crippen molar-refractivity contribution in [3.8, 4) is 0 Å². The molecule has 0 saturated carbocycles. The van der Waals surface area contributed by atoms with Gasteiger partial charge in [0, 0.05) is 15.3 Å². The fraction of sp³-hybridized carbons (Fsp3) is 0.294. The Morgan fingerprint density at radius 1 is 1.24 bits per heavy atom. The molecule has 0 amide bonds. The molecule has 3 aromatic rings. The maximum Gasteiger partial charge on any atom is 0.134 e. The Morgan fingerprint density at radius 2 is 2.10 bits per heavy atom. The lowest BCUT2D eigenvalue weighted by Crippen LogP contribution is -2.21. The molecule has 2 nitrogen and oxygen atoms in total. The van der Waals surface area contributed by atoms with Crippen LogP contribution in [0.5, 0.6) is 0 Å². The quantitative estimate of drug-likeness (QED) is 0.680. The van der Waals surface area contributed by atoms with Crippen molar-refractivity contribution in [2.24, 2.45) is 0 Å². The average molecular weight is 320 g/mol. The third-order valence-corrected chi connectivity index (χ3v) is 4.87. The molecule has 3 rings (SSSR count). The molecule has 0 fully saturated rings. The van der Waals surface area contributed by atoms with E-state index in [1.165, 1.54) is 10.4 Å². The summed E-state index contributed by atoms with van der Waals surface area (Å²) in [6, 6.07) is 10.1. The Labute approximate surface area is 133 Å². The summed E-state index contributed by atoms with van der Waals surface area (Å²) in [6.45, 7) is 5.20. The smallest absolute Gasteiger partial charge is 0.134 e. The number of hydrogen-bond donors (Lipinski definition) is 1. The van der Waals surface area contributed by atoms with Crippen LogP contribution in [0.4, 0.5) is 0 Å². The van der Waals surface area contributed by atoms with Crippen LogP contribution in [0.15, 0.2) is 40.1 Å². The van der Waals surface area contributed by atoms with Gasteiger partial charge in [0.25, 0.3) is 0 Å². The molecular weight excluding hydrogens is 302 g/mol. The number of rotatable bonds is 5. The molecule has 2 heterocycles. The molecule has 1 atom stereocenters. The highest BCUT2D eigenvalue weighted by Gasteiger charge is 2.21. The van der Waals surface area contributed by atoms with Crippen LogP contribution in [0.3, 0.4) is 0 Å². The predicted molar refractivity (Wildman–Crippen MR) is 90.4 cm³/mol. The van der Waals surface area contributed by atoms with Crippen molar-refractivity contribution >= 4 is 33.9 Å². The van der Waals surface area contributed by atoms with Gasteiger partial charge in [-0.15, -0.1) is 11.3 Å². The van der Waals surface area contributed by atoms with Crippen molar-refractivity contribution in [1.82, 2.24) is 5.32 Å². The number of fused-ring (bicyclic) bond motifs is 1. The lowest BCUT2D eigenvalue weighted by Gasteiger charge is -2.15. The summed E-state index contributed by atoms with van der Waals surface area (Å²) in [5, 5.41) is 7.47. The molecule has 0 radical (unpaired) electrons. The maximum atomic E-state index is 6.06. The van der Waals surface area contributed by atoms with E-state index >= 15 is 0 Å². The fourth-order valence-corrected chi connectivity index (χ4v) is 3.86. The van der Waals surface area contributed by atoms with E-state index in [9.17, 15) is 0 Å². The number of thiophene rings is 1. The zero-order valence-corrected chi connectivity index (χ0v) is 13.7. The number of nitrogens with one attached hydrogen (secondary N) is 1. The van der Waals surface area contributed by atoms with Crippen molar-refractivity contribution in [3.63, 3.8) is 0 Å². The molecule has 0 saturated heterocycles. The first-order valence-corrected chi connectivity index (χ1v) is 8.47. The van der Waals surface area contributed by atoms with Crippen molar-refractivity contribution < 1.29 is 4.42 Å². The minimum atomic E-state index is 0.108. The summed E-state index contributed by atoms with van der Waals surface area (Å²) in [7, 11) is 0. The largest absolute Gasteiger partial charge is 0.459 e. The Morgan fingerprint density at radius 3 is 2.86 bits per heavy atom. The molecule has 0 aliphatic carbocycles. The standard InChI is InChI=1S/C17H18ClNOS/c1-3-11-7-8-21-17(11)16(19-4-2)15-10-12-9-13(18)5-6-14(12)20-15/h5-10,16,19H,3-4H2,1-2H3. The first-order chi connectivity index (χ1) is 10.2. The van der Waals surface area contributed by atoms with Crippen LogP contribution in [0.25, 0.3) is 11.0 Å². The van der Waals surface area contributed by atoms with E-state index in [0.29, 0.717) is 0 Å². The molecule has 1 unspecified atom stereocenters. The van der Waals surface area contributed by atoms with Gasteiger partial charge in [0.2, 0.25) is 0 Å². The van der Waals surface area contributed by atoms with Gasteiger partial charge < -0.3 is 9.73 Å². The summed E-state index contributed by atoms with van der Waals surface area (Å²) in [6.07, 6.45) is 1.03. The first kappa shape index (κ1) is 14.6. The SMILES string of the molecule is CCNC(c1cc2cc(Cl)ccc2o1)c1sccc1CC. The molecule has 21 heavy (non-hydrogen) atoms. The van der Waals surface area contributed by atoms with E-state index in [0.717, 1.165) is 34.7 Å². The predicted octanol–water partition coefficient (Wildman–Crippen LogP) is 5.41. The van der Waals surface area contributed by atoms with Crippen molar-refractivity contribution in [2.45, 2.75) is 26.3 Å². The second kappa shape index (κ2) is 6.22. The zero-order chi connectivity index (χ0) is 14.8. The summed E-state index contributed by atoms with van der Waals surface area (Å²) < 4.78 is 6.05. The Kier molecular flexibility index (Phi) is 4.34. The molecule has 1 aromatic carbocycles. The minimum Gasteiger partial charge on any atom is -0.459 e.